The molecule has 1 unspecified atom stereocenters. The van der Waals surface area contributed by atoms with Gasteiger partial charge in [-0.2, -0.15) is 0 Å². The molecule has 0 aromatic carbocycles. The minimum atomic E-state index is -4.72. The van der Waals surface area contributed by atoms with E-state index in [9.17, 15) is 23.8 Å². The van der Waals surface area contributed by atoms with E-state index >= 15 is 0 Å². The lowest BCUT2D eigenvalue weighted by Gasteiger charge is -2.20. The highest BCUT2D eigenvalue weighted by Gasteiger charge is 2.28. The molecule has 11 nitrogen and oxygen atoms in total. The molecule has 0 spiro atoms. The van der Waals surface area contributed by atoms with Crippen LogP contribution in [0.2, 0.25) is 0 Å². The van der Waals surface area contributed by atoms with Crippen LogP contribution >= 0.6 is 7.82 Å². The zero-order valence-corrected chi connectivity index (χ0v) is 34.7. The number of aliphatic carboxylic acids is 1. The Balaban J connectivity index is 4.42. The summed E-state index contributed by atoms with van der Waals surface area (Å²) in [5.41, 5.74) is 5.32. The summed E-state index contributed by atoms with van der Waals surface area (Å²) < 4.78 is 32.6. The Morgan fingerprint density at radius 3 is 1.50 bits per heavy atom. The summed E-state index contributed by atoms with van der Waals surface area (Å²) in [7, 11) is -4.72. The van der Waals surface area contributed by atoms with Gasteiger partial charge in [0.15, 0.2) is 6.10 Å². The van der Waals surface area contributed by atoms with Crippen molar-refractivity contribution < 1.29 is 47.5 Å². The van der Waals surface area contributed by atoms with Gasteiger partial charge in [-0.15, -0.1) is 0 Å². The van der Waals surface area contributed by atoms with Crippen molar-refractivity contribution in [3.05, 3.63) is 36.5 Å². The summed E-state index contributed by atoms with van der Waals surface area (Å²) in [6.45, 7) is 2.74. The molecule has 0 saturated carbocycles. The van der Waals surface area contributed by atoms with E-state index in [1.807, 2.05) is 0 Å². The van der Waals surface area contributed by atoms with Gasteiger partial charge >= 0.3 is 25.7 Å². The number of carboxylic acids is 1. The molecule has 0 aromatic rings. The normalized spacial score (nSPS) is 14.1. The number of hydrogen-bond acceptors (Lipinski definition) is 9. The molecule has 314 valence electrons. The lowest BCUT2D eigenvalue weighted by molar-refractivity contribution is -0.161. The fourth-order valence-electron chi connectivity index (χ4n) is 5.50. The highest BCUT2D eigenvalue weighted by Crippen LogP contribution is 2.43. The molecule has 0 saturated heterocycles. The topological polar surface area (TPSA) is 172 Å². The number of rotatable bonds is 39. The fraction of sp³-hybridized carbons (Fsp3) is 0.786. The molecule has 0 radical (unpaired) electrons. The number of carbonyl (C=O) groups excluding carboxylic acids is 2. The lowest BCUT2D eigenvalue weighted by atomic mass is 10.1. The third-order valence-electron chi connectivity index (χ3n) is 8.86. The van der Waals surface area contributed by atoms with Crippen molar-refractivity contribution >= 4 is 25.7 Å². The molecule has 0 aliphatic carbocycles. The molecule has 54 heavy (non-hydrogen) atoms. The van der Waals surface area contributed by atoms with Gasteiger partial charge in [-0.3, -0.25) is 23.4 Å². The van der Waals surface area contributed by atoms with Crippen molar-refractivity contribution in [3.8, 4) is 0 Å². The third-order valence-corrected chi connectivity index (χ3v) is 9.81. The molecule has 4 N–H and O–H groups in total. The van der Waals surface area contributed by atoms with Crippen molar-refractivity contribution in [2.45, 2.75) is 193 Å². The Morgan fingerprint density at radius 1 is 0.574 bits per heavy atom. The largest absolute Gasteiger partial charge is 0.480 e. The summed E-state index contributed by atoms with van der Waals surface area (Å²) in [6, 6.07) is -1.52. The molecule has 3 atom stereocenters. The van der Waals surface area contributed by atoms with E-state index in [2.05, 4.69) is 54.8 Å². The van der Waals surface area contributed by atoms with E-state index in [1.165, 1.54) is 57.8 Å². The Labute approximate surface area is 327 Å². The quantitative estimate of drug-likeness (QED) is 0.0234. The molecule has 0 aliphatic heterocycles. The van der Waals surface area contributed by atoms with Gasteiger partial charge in [0.1, 0.15) is 12.6 Å². The predicted molar refractivity (Wildman–Crippen MR) is 217 cm³/mol. The number of allylic oxidation sites excluding steroid dienone is 6. The summed E-state index contributed by atoms with van der Waals surface area (Å²) in [4.78, 5) is 45.9. The van der Waals surface area contributed by atoms with E-state index < -0.39 is 51.1 Å². The minimum Gasteiger partial charge on any atom is -0.480 e. The second-order valence-corrected chi connectivity index (χ2v) is 15.6. The van der Waals surface area contributed by atoms with Crippen LogP contribution in [0, 0.1) is 0 Å². The second kappa shape index (κ2) is 37.6. The van der Waals surface area contributed by atoms with Gasteiger partial charge in [0.05, 0.1) is 13.2 Å². The maximum Gasteiger partial charge on any atom is 0.472 e. The van der Waals surface area contributed by atoms with Gasteiger partial charge < -0.3 is 25.2 Å². The fourth-order valence-corrected chi connectivity index (χ4v) is 6.28. The monoisotopic (exact) mass is 786 g/mol. The van der Waals surface area contributed by atoms with Gasteiger partial charge in [0.2, 0.25) is 0 Å². The number of carboxylic acid groups (broad SMARTS) is 1. The number of phosphoric acid groups is 1. The Kier molecular flexibility index (Phi) is 36.0. The summed E-state index contributed by atoms with van der Waals surface area (Å²) in [5, 5.41) is 8.88. The SMILES string of the molecule is CCCCC/C=C\C/C=C\CCCCCCCC(=O)OC[C@H](COP(=O)(O)OC[C@H](N)C(=O)O)OC(=O)CCCCCCC/C=C\CCCCCCCC. The highest BCUT2D eigenvalue weighted by molar-refractivity contribution is 7.47. The summed E-state index contributed by atoms with van der Waals surface area (Å²) >= 11 is 0. The molecular weight excluding hydrogens is 709 g/mol. The van der Waals surface area contributed by atoms with Crippen molar-refractivity contribution in [2.75, 3.05) is 19.8 Å². The van der Waals surface area contributed by atoms with E-state index in [4.69, 9.17) is 24.8 Å². The number of ether oxygens (including phenoxy) is 2. The van der Waals surface area contributed by atoms with Crippen LogP contribution in [0.25, 0.3) is 0 Å². The molecule has 12 heteroatoms. The molecule has 0 amide bonds. The Morgan fingerprint density at radius 2 is 0.981 bits per heavy atom. The van der Waals surface area contributed by atoms with Crippen LogP contribution < -0.4 is 5.73 Å². The Bertz CT molecular complexity index is 1060. The average molecular weight is 786 g/mol. The first-order valence-electron chi connectivity index (χ1n) is 21.0. The number of phosphoric ester groups is 1. The smallest absolute Gasteiger partial charge is 0.472 e. The van der Waals surface area contributed by atoms with Gasteiger partial charge in [-0.05, 0) is 70.6 Å². The van der Waals surface area contributed by atoms with Crippen LogP contribution in [-0.4, -0.2) is 59.9 Å². The van der Waals surface area contributed by atoms with Crippen molar-refractivity contribution in [2.24, 2.45) is 5.73 Å². The van der Waals surface area contributed by atoms with Crippen LogP contribution in [0.1, 0.15) is 181 Å². The van der Waals surface area contributed by atoms with Gasteiger partial charge in [0, 0.05) is 12.8 Å². The van der Waals surface area contributed by atoms with E-state index in [-0.39, 0.29) is 19.4 Å². The second-order valence-electron chi connectivity index (χ2n) is 14.1. The van der Waals surface area contributed by atoms with E-state index in [1.54, 1.807) is 0 Å². The first-order chi connectivity index (χ1) is 26.1. The highest BCUT2D eigenvalue weighted by atomic mass is 31.2. The van der Waals surface area contributed by atoms with Crippen LogP contribution in [0.3, 0.4) is 0 Å². The number of esters is 2. The number of unbranched alkanes of at least 4 members (excludes halogenated alkanes) is 19. The molecule has 0 aliphatic rings. The van der Waals surface area contributed by atoms with Crippen molar-refractivity contribution in [1.82, 2.24) is 0 Å². The van der Waals surface area contributed by atoms with E-state index in [0.29, 0.717) is 12.8 Å². The van der Waals surface area contributed by atoms with Crippen LogP contribution in [-0.2, 0) is 37.5 Å². The maximum absolute atomic E-state index is 12.6. The van der Waals surface area contributed by atoms with Gasteiger partial charge in [-0.25, -0.2) is 4.57 Å². The molecule has 0 fully saturated rings. The first kappa shape index (κ1) is 51.7. The molecule has 0 heterocycles. The molecule has 0 rings (SSSR count). The minimum absolute atomic E-state index is 0.148. The standard InChI is InChI=1S/C42H76NO10P/c1-3-5-7-9-11-13-15-17-19-21-23-25-27-29-31-33-40(44)50-35-38(36-51-54(48,49)52-37-39(43)42(46)47)53-41(45)34-32-30-28-26-24-22-20-18-16-14-12-10-8-6-4-2/h11,13,17-20,38-39H,3-10,12,14-16,21-37,43H2,1-2H3,(H,46,47)(H,48,49)/b13-11-,19-17-,20-18-/t38-,39+/m1/s1. The third kappa shape index (κ3) is 36.7. The average Bonchev–Trinajstić information content (AvgIpc) is 3.14. The van der Waals surface area contributed by atoms with Crippen LogP contribution in [0.15, 0.2) is 36.5 Å². The molecule has 0 bridgehead atoms. The van der Waals surface area contributed by atoms with E-state index in [0.717, 1.165) is 83.5 Å². The lowest BCUT2D eigenvalue weighted by Crippen LogP contribution is -2.34. The number of nitrogens with two attached hydrogens (primary N) is 1. The van der Waals surface area contributed by atoms with Crippen molar-refractivity contribution in [1.29, 1.82) is 0 Å². The molecular formula is C42H76NO10P. The Hall–Kier alpha value is -2.30. The van der Waals surface area contributed by atoms with Gasteiger partial charge in [-0.1, -0.05) is 134 Å². The summed E-state index contributed by atoms with van der Waals surface area (Å²) in [5.74, 6) is -2.41. The van der Waals surface area contributed by atoms with Crippen LogP contribution in [0.5, 0.6) is 0 Å². The predicted octanol–water partition coefficient (Wildman–Crippen LogP) is 10.8. The summed E-state index contributed by atoms with van der Waals surface area (Å²) in [6.07, 6.45) is 39.2. The van der Waals surface area contributed by atoms with Gasteiger partial charge in [0.25, 0.3) is 0 Å². The molecule has 0 aromatic heterocycles. The number of carbonyl (C=O) groups is 3. The zero-order chi connectivity index (χ0) is 40.0. The van der Waals surface area contributed by atoms with Crippen molar-refractivity contribution in [3.63, 3.8) is 0 Å². The number of hydrogen-bond donors (Lipinski definition) is 3. The zero-order valence-electron chi connectivity index (χ0n) is 33.8. The van der Waals surface area contributed by atoms with Crippen LogP contribution in [0.4, 0.5) is 0 Å². The first-order valence-corrected chi connectivity index (χ1v) is 22.5. The maximum atomic E-state index is 12.6.